The number of nitrogens with zero attached hydrogens (tertiary/aromatic N) is 1. The third-order valence-electron chi connectivity index (χ3n) is 2.79. The van der Waals surface area contributed by atoms with Crippen LogP contribution in [0.25, 0.3) is 0 Å². The zero-order valence-corrected chi connectivity index (χ0v) is 12.9. The lowest BCUT2D eigenvalue weighted by Gasteiger charge is -2.09. The molecule has 0 atom stereocenters. The zero-order valence-electron chi connectivity index (χ0n) is 11.3. The Morgan fingerprint density at radius 3 is 2.23 bits per heavy atom. The summed E-state index contributed by atoms with van der Waals surface area (Å²) >= 11 is 5.74. The van der Waals surface area contributed by atoms with Crippen molar-refractivity contribution in [2.24, 2.45) is 5.73 Å². The summed E-state index contributed by atoms with van der Waals surface area (Å²) in [4.78, 5) is -0.593. The summed E-state index contributed by atoms with van der Waals surface area (Å²) in [6, 6.07) is 15.9. The van der Waals surface area contributed by atoms with E-state index in [1.54, 1.807) is 36.4 Å². The van der Waals surface area contributed by atoms with E-state index < -0.39 is 14.7 Å². The Morgan fingerprint density at radius 1 is 1.09 bits per heavy atom. The number of para-hydroxylation sites is 1. The number of nitriles is 1. The van der Waals surface area contributed by atoms with Crippen molar-refractivity contribution in [2.45, 2.75) is 4.90 Å². The van der Waals surface area contributed by atoms with E-state index in [0.29, 0.717) is 10.7 Å². The minimum absolute atomic E-state index is 0.0498. The van der Waals surface area contributed by atoms with Gasteiger partial charge in [-0.05, 0) is 36.4 Å². The maximum Gasteiger partial charge on any atom is 0.220 e. The second-order valence-electron chi connectivity index (χ2n) is 4.30. The molecular weight excluding hydrogens is 322 g/mol. The highest BCUT2D eigenvalue weighted by molar-refractivity contribution is 7.95. The number of hydrogen-bond donors (Lipinski definition) is 2. The quantitative estimate of drug-likeness (QED) is 0.839. The maximum absolute atomic E-state index is 12.5. The van der Waals surface area contributed by atoms with Crippen LogP contribution in [0.2, 0.25) is 5.02 Å². The fraction of sp³-hybridized carbons (Fsp3) is 0. The van der Waals surface area contributed by atoms with Crippen LogP contribution in [-0.2, 0) is 9.84 Å². The molecule has 2 aromatic rings. The standard InChI is InChI=1S/C15H12ClN3O2S/c16-11-6-8-13(9-7-11)22(20,21)14(10-17)15(18)19-12-4-2-1-3-5-12/h1-9,19H,18H2/b15-14+. The first kappa shape index (κ1) is 15.9. The van der Waals surface area contributed by atoms with E-state index in [0.717, 1.165) is 0 Å². The molecule has 0 spiro atoms. The van der Waals surface area contributed by atoms with Gasteiger partial charge >= 0.3 is 0 Å². The molecule has 0 fully saturated rings. The zero-order chi connectivity index (χ0) is 16.2. The summed E-state index contributed by atoms with van der Waals surface area (Å²) in [6.07, 6.45) is 0. The number of allylic oxidation sites excluding steroid dienone is 1. The lowest BCUT2D eigenvalue weighted by atomic mass is 10.3. The molecule has 0 saturated heterocycles. The molecule has 7 heteroatoms. The molecule has 2 rings (SSSR count). The van der Waals surface area contributed by atoms with Crippen molar-refractivity contribution in [1.82, 2.24) is 0 Å². The first-order valence-corrected chi connectivity index (χ1v) is 8.04. The van der Waals surface area contributed by atoms with Gasteiger partial charge in [0, 0.05) is 10.7 Å². The molecule has 2 aromatic carbocycles. The number of rotatable bonds is 4. The highest BCUT2D eigenvalue weighted by atomic mass is 35.5. The summed E-state index contributed by atoms with van der Waals surface area (Å²) in [5.41, 5.74) is 6.34. The minimum atomic E-state index is -4.01. The number of nitrogens with two attached hydrogens (primary N) is 1. The average Bonchev–Trinajstić information content (AvgIpc) is 2.49. The predicted octanol–water partition coefficient (Wildman–Crippen LogP) is 2.88. The fourth-order valence-electron chi connectivity index (χ4n) is 1.73. The molecule has 0 aliphatic rings. The molecule has 112 valence electrons. The van der Waals surface area contributed by atoms with Gasteiger partial charge < -0.3 is 11.1 Å². The van der Waals surface area contributed by atoms with Gasteiger partial charge in [0.05, 0.1) is 4.90 Å². The monoisotopic (exact) mass is 333 g/mol. The van der Waals surface area contributed by atoms with Gasteiger partial charge in [-0.25, -0.2) is 8.42 Å². The topological polar surface area (TPSA) is 96.0 Å². The first-order valence-electron chi connectivity index (χ1n) is 6.17. The van der Waals surface area contributed by atoms with Crippen molar-refractivity contribution in [2.75, 3.05) is 5.32 Å². The fourth-order valence-corrected chi connectivity index (χ4v) is 3.05. The molecule has 3 N–H and O–H groups in total. The Bertz CT molecular complexity index is 839. The third-order valence-corrected chi connectivity index (χ3v) is 4.79. The van der Waals surface area contributed by atoms with Crippen molar-refractivity contribution >= 4 is 27.1 Å². The van der Waals surface area contributed by atoms with Crippen molar-refractivity contribution in [3.63, 3.8) is 0 Å². The summed E-state index contributed by atoms with van der Waals surface area (Å²) in [6.45, 7) is 0. The highest BCUT2D eigenvalue weighted by Gasteiger charge is 2.24. The third kappa shape index (κ3) is 3.39. The van der Waals surface area contributed by atoms with Crippen LogP contribution < -0.4 is 11.1 Å². The molecule has 0 unspecified atom stereocenters. The van der Waals surface area contributed by atoms with Gasteiger partial charge in [-0.2, -0.15) is 5.26 Å². The van der Waals surface area contributed by atoms with Crippen LogP contribution in [0.5, 0.6) is 0 Å². The maximum atomic E-state index is 12.5. The number of anilines is 1. The van der Waals surface area contributed by atoms with E-state index in [2.05, 4.69) is 5.32 Å². The summed E-state index contributed by atoms with van der Waals surface area (Å²) in [5, 5.41) is 12.3. The van der Waals surface area contributed by atoms with Crippen LogP contribution in [0.3, 0.4) is 0 Å². The first-order chi connectivity index (χ1) is 10.4. The SMILES string of the molecule is N#C/C(=C(/N)Nc1ccccc1)S(=O)(=O)c1ccc(Cl)cc1. The molecule has 0 saturated carbocycles. The Labute approximate surface area is 133 Å². The van der Waals surface area contributed by atoms with E-state index in [4.69, 9.17) is 17.3 Å². The number of nitrogens with one attached hydrogen (secondary N) is 1. The van der Waals surface area contributed by atoms with Gasteiger partial charge in [0.25, 0.3) is 0 Å². The average molecular weight is 334 g/mol. The van der Waals surface area contributed by atoms with Gasteiger partial charge in [0.1, 0.15) is 11.9 Å². The smallest absolute Gasteiger partial charge is 0.220 e. The Balaban J connectivity index is 2.44. The Morgan fingerprint density at radius 2 is 1.68 bits per heavy atom. The largest absolute Gasteiger partial charge is 0.384 e. The second kappa shape index (κ2) is 6.52. The predicted molar refractivity (Wildman–Crippen MR) is 85.5 cm³/mol. The minimum Gasteiger partial charge on any atom is -0.384 e. The van der Waals surface area contributed by atoms with E-state index in [1.807, 2.05) is 0 Å². The van der Waals surface area contributed by atoms with Crippen LogP contribution in [-0.4, -0.2) is 8.42 Å². The lowest BCUT2D eigenvalue weighted by Crippen LogP contribution is -2.17. The van der Waals surface area contributed by atoms with Crippen LogP contribution >= 0.6 is 11.6 Å². The second-order valence-corrected chi connectivity index (χ2v) is 6.63. The molecular formula is C15H12ClN3O2S. The molecule has 0 aromatic heterocycles. The molecule has 0 heterocycles. The molecule has 0 bridgehead atoms. The Kier molecular flexibility index (Phi) is 4.71. The number of hydrogen-bond acceptors (Lipinski definition) is 5. The van der Waals surface area contributed by atoms with Crippen LogP contribution in [0, 0.1) is 11.3 Å². The van der Waals surface area contributed by atoms with Gasteiger partial charge in [0.15, 0.2) is 4.91 Å². The summed E-state index contributed by atoms with van der Waals surface area (Å²) in [7, 11) is -4.01. The van der Waals surface area contributed by atoms with Crippen molar-refractivity contribution in [1.29, 1.82) is 5.26 Å². The van der Waals surface area contributed by atoms with E-state index >= 15 is 0 Å². The molecule has 0 aliphatic carbocycles. The van der Waals surface area contributed by atoms with Crippen molar-refractivity contribution in [3.05, 3.63) is 70.3 Å². The summed E-state index contributed by atoms with van der Waals surface area (Å²) in [5.74, 6) is -0.233. The van der Waals surface area contributed by atoms with Crippen molar-refractivity contribution in [3.8, 4) is 6.07 Å². The van der Waals surface area contributed by atoms with E-state index in [1.165, 1.54) is 24.3 Å². The molecule has 0 amide bonds. The normalized spacial score (nSPS) is 12.2. The van der Waals surface area contributed by atoms with Gasteiger partial charge in [-0.15, -0.1) is 0 Å². The van der Waals surface area contributed by atoms with Gasteiger partial charge in [-0.1, -0.05) is 29.8 Å². The van der Waals surface area contributed by atoms with Crippen LogP contribution in [0.1, 0.15) is 0 Å². The molecule has 0 aliphatic heterocycles. The summed E-state index contributed by atoms with van der Waals surface area (Å²) < 4.78 is 24.9. The lowest BCUT2D eigenvalue weighted by molar-refractivity contribution is 0.603. The number of sulfone groups is 1. The number of halogens is 1. The Hall–Kier alpha value is -2.49. The highest BCUT2D eigenvalue weighted by Crippen LogP contribution is 2.22. The molecule has 5 nitrogen and oxygen atoms in total. The van der Waals surface area contributed by atoms with Crippen LogP contribution in [0.4, 0.5) is 5.69 Å². The van der Waals surface area contributed by atoms with E-state index in [9.17, 15) is 13.7 Å². The van der Waals surface area contributed by atoms with Crippen LogP contribution in [0.15, 0.2) is 70.2 Å². The molecule has 22 heavy (non-hydrogen) atoms. The van der Waals surface area contributed by atoms with Gasteiger partial charge in [-0.3, -0.25) is 0 Å². The number of benzene rings is 2. The molecule has 0 radical (unpaired) electrons. The van der Waals surface area contributed by atoms with Crippen molar-refractivity contribution < 1.29 is 8.42 Å². The van der Waals surface area contributed by atoms with E-state index in [-0.39, 0.29) is 10.7 Å². The van der Waals surface area contributed by atoms with Gasteiger partial charge in [0.2, 0.25) is 9.84 Å².